The van der Waals surface area contributed by atoms with Gasteiger partial charge in [-0.1, -0.05) is 26.0 Å². The molecule has 4 nitrogen and oxygen atoms in total. The fourth-order valence-corrected chi connectivity index (χ4v) is 4.00. The van der Waals surface area contributed by atoms with Crippen molar-refractivity contribution in [1.29, 1.82) is 0 Å². The largest absolute Gasteiger partial charge is 0.466 e. The van der Waals surface area contributed by atoms with Crippen LogP contribution in [0.4, 0.5) is 0 Å². The van der Waals surface area contributed by atoms with E-state index in [1.54, 1.807) is 0 Å². The Morgan fingerprint density at radius 1 is 1.12 bits per heavy atom. The lowest BCUT2D eigenvalue weighted by Crippen LogP contribution is -2.19. The zero-order valence-electron chi connectivity index (χ0n) is 15.0. The molecule has 0 aromatic rings. The maximum Gasteiger partial charge on any atom is 0.306 e. The Morgan fingerprint density at radius 2 is 1.83 bits per heavy atom. The highest BCUT2D eigenvalue weighted by atomic mass is 16.5. The van der Waals surface area contributed by atoms with Gasteiger partial charge in [0.25, 0.3) is 0 Å². The molecule has 4 unspecified atom stereocenters. The van der Waals surface area contributed by atoms with Gasteiger partial charge in [0, 0.05) is 31.1 Å². The van der Waals surface area contributed by atoms with Gasteiger partial charge in [-0.05, 0) is 43.9 Å². The van der Waals surface area contributed by atoms with E-state index in [1.165, 1.54) is 0 Å². The quantitative estimate of drug-likeness (QED) is 0.499. The van der Waals surface area contributed by atoms with Crippen LogP contribution in [0.3, 0.4) is 0 Å². The third-order valence-electron chi connectivity index (χ3n) is 5.69. The van der Waals surface area contributed by atoms with Crippen molar-refractivity contribution in [3.05, 3.63) is 12.2 Å². The molecule has 2 rings (SSSR count). The molecule has 2 fully saturated rings. The Balaban J connectivity index is 1.70. The van der Waals surface area contributed by atoms with E-state index in [1.807, 2.05) is 6.92 Å². The molecular formula is C20H30O4. The first kappa shape index (κ1) is 18.9. The summed E-state index contributed by atoms with van der Waals surface area (Å²) in [6.45, 7) is 4.38. The van der Waals surface area contributed by atoms with Crippen molar-refractivity contribution in [1.82, 2.24) is 0 Å². The van der Waals surface area contributed by atoms with Gasteiger partial charge < -0.3 is 4.74 Å². The number of allylic oxidation sites excluding steroid dienone is 2. The molecule has 24 heavy (non-hydrogen) atoms. The second-order valence-corrected chi connectivity index (χ2v) is 7.25. The minimum atomic E-state index is -0.201. The molecule has 0 radical (unpaired) electrons. The number of esters is 1. The third-order valence-corrected chi connectivity index (χ3v) is 5.69. The van der Waals surface area contributed by atoms with Crippen molar-refractivity contribution in [3.63, 3.8) is 0 Å². The third kappa shape index (κ3) is 5.02. The summed E-state index contributed by atoms with van der Waals surface area (Å²) >= 11 is 0. The molecule has 2 saturated carbocycles. The minimum absolute atomic E-state index is 0.0141. The summed E-state index contributed by atoms with van der Waals surface area (Å²) in [6, 6.07) is 0. The van der Waals surface area contributed by atoms with Gasteiger partial charge in [-0.2, -0.15) is 0 Å². The van der Waals surface area contributed by atoms with E-state index in [4.69, 9.17) is 4.74 Å². The van der Waals surface area contributed by atoms with Crippen molar-refractivity contribution in [3.8, 4) is 0 Å². The van der Waals surface area contributed by atoms with Crippen LogP contribution in [0.25, 0.3) is 0 Å². The maximum atomic E-state index is 12.0. The standard InChI is InChI=1S/C20H30O4/c1-3-4-5-6-17-15(7-10-19(17)22)11-12-24-20(23)13-16-8-9-18(21)14(16)2/h4-5,14-17H,3,6-13H2,1-2H3/b5-4-. The molecule has 0 N–H and O–H groups in total. The first-order chi connectivity index (χ1) is 11.5. The van der Waals surface area contributed by atoms with Crippen molar-refractivity contribution >= 4 is 17.5 Å². The Hall–Kier alpha value is -1.45. The first-order valence-electron chi connectivity index (χ1n) is 9.39. The van der Waals surface area contributed by atoms with Crippen molar-refractivity contribution in [2.24, 2.45) is 23.7 Å². The average Bonchev–Trinajstić information content (AvgIpc) is 3.06. The van der Waals surface area contributed by atoms with Gasteiger partial charge in [0.1, 0.15) is 11.6 Å². The Bertz CT molecular complexity index is 494. The second-order valence-electron chi connectivity index (χ2n) is 7.25. The van der Waals surface area contributed by atoms with Crippen molar-refractivity contribution in [2.45, 2.75) is 65.2 Å². The molecule has 0 aromatic carbocycles. The summed E-state index contributed by atoms with van der Waals surface area (Å²) in [5.74, 6) is 0.974. The Labute approximate surface area is 145 Å². The number of ether oxygens (including phenoxy) is 1. The summed E-state index contributed by atoms with van der Waals surface area (Å²) in [6.07, 6.45) is 10.1. The van der Waals surface area contributed by atoms with Crippen LogP contribution in [0, 0.1) is 23.7 Å². The Kier molecular flexibility index (Phi) is 7.19. The number of rotatable bonds is 8. The van der Waals surface area contributed by atoms with Crippen LogP contribution in [0.15, 0.2) is 12.2 Å². The average molecular weight is 334 g/mol. The fourth-order valence-electron chi connectivity index (χ4n) is 4.00. The van der Waals surface area contributed by atoms with Gasteiger partial charge in [0.2, 0.25) is 0 Å². The zero-order valence-corrected chi connectivity index (χ0v) is 15.0. The minimum Gasteiger partial charge on any atom is -0.466 e. The number of ketones is 2. The van der Waals surface area contributed by atoms with Crippen LogP contribution < -0.4 is 0 Å². The maximum absolute atomic E-state index is 12.0. The molecule has 4 heteroatoms. The van der Waals surface area contributed by atoms with E-state index in [2.05, 4.69) is 19.1 Å². The second kappa shape index (κ2) is 9.14. The van der Waals surface area contributed by atoms with E-state index in [0.717, 1.165) is 32.1 Å². The summed E-state index contributed by atoms with van der Waals surface area (Å²) in [5, 5.41) is 0. The van der Waals surface area contributed by atoms with E-state index in [0.29, 0.717) is 37.6 Å². The molecule has 0 spiro atoms. The van der Waals surface area contributed by atoms with Gasteiger partial charge in [0.05, 0.1) is 6.61 Å². The number of carbonyl (C=O) groups is 3. The van der Waals surface area contributed by atoms with Crippen LogP contribution in [-0.2, 0) is 19.1 Å². The molecule has 2 aliphatic carbocycles. The predicted octanol–water partition coefficient (Wildman–Crippen LogP) is 3.88. The van der Waals surface area contributed by atoms with E-state index < -0.39 is 0 Å². The van der Waals surface area contributed by atoms with Gasteiger partial charge in [0.15, 0.2) is 0 Å². The summed E-state index contributed by atoms with van der Waals surface area (Å²) in [5.41, 5.74) is 0. The van der Waals surface area contributed by atoms with E-state index in [9.17, 15) is 14.4 Å². The summed E-state index contributed by atoms with van der Waals surface area (Å²) in [7, 11) is 0. The van der Waals surface area contributed by atoms with Crippen LogP contribution in [0.5, 0.6) is 0 Å². The van der Waals surface area contributed by atoms with Gasteiger partial charge >= 0.3 is 5.97 Å². The molecule has 0 saturated heterocycles. The molecule has 134 valence electrons. The van der Waals surface area contributed by atoms with Crippen LogP contribution in [0.2, 0.25) is 0 Å². The summed E-state index contributed by atoms with van der Waals surface area (Å²) < 4.78 is 5.38. The zero-order chi connectivity index (χ0) is 17.5. The smallest absolute Gasteiger partial charge is 0.306 e. The van der Waals surface area contributed by atoms with E-state index in [-0.39, 0.29) is 29.5 Å². The molecule has 0 aliphatic heterocycles. The van der Waals surface area contributed by atoms with Crippen LogP contribution >= 0.6 is 0 Å². The van der Waals surface area contributed by atoms with Crippen LogP contribution in [0.1, 0.15) is 65.2 Å². The molecule has 0 heterocycles. The van der Waals surface area contributed by atoms with Gasteiger partial charge in [-0.3, -0.25) is 14.4 Å². The van der Waals surface area contributed by atoms with Crippen molar-refractivity contribution in [2.75, 3.05) is 6.61 Å². The van der Waals surface area contributed by atoms with Gasteiger partial charge in [-0.25, -0.2) is 0 Å². The lowest BCUT2D eigenvalue weighted by Gasteiger charge is -2.18. The highest BCUT2D eigenvalue weighted by Crippen LogP contribution is 2.34. The number of Topliss-reactive ketones (excluding diaryl/α,β-unsaturated/α-hetero) is 2. The predicted molar refractivity (Wildman–Crippen MR) is 92.4 cm³/mol. The first-order valence-corrected chi connectivity index (χ1v) is 9.39. The lowest BCUT2D eigenvalue weighted by atomic mass is 9.90. The lowest BCUT2D eigenvalue weighted by molar-refractivity contribution is -0.145. The molecule has 0 aromatic heterocycles. The molecule has 0 amide bonds. The highest BCUT2D eigenvalue weighted by molar-refractivity contribution is 5.84. The van der Waals surface area contributed by atoms with Crippen molar-refractivity contribution < 1.29 is 19.1 Å². The van der Waals surface area contributed by atoms with E-state index >= 15 is 0 Å². The van der Waals surface area contributed by atoms with Crippen LogP contribution in [-0.4, -0.2) is 24.1 Å². The molecule has 2 aliphatic rings. The molecule has 4 atom stereocenters. The highest BCUT2D eigenvalue weighted by Gasteiger charge is 2.34. The SMILES string of the molecule is CC/C=C\CC1C(=O)CCC1CCOC(=O)CC1CCC(=O)C1C. The molecular weight excluding hydrogens is 304 g/mol. The van der Waals surface area contributed by atoms with Gasteiger partial charge in [-0.15, -0.1) is 0 Å². The number of carbonyl (C=O) groups excluding carboxylic acids is 3. The topological polar surface area (TPSA) is 60.4 Å². The molecule has 0 bridgehead atoms. The normalized spacial score (nSPS) is 30.4. The Morgan fingerprint density at radius 3 is 2.50 bits per heavy atom. The number of hydrogen-bond acceptors (Lipinski definition) is 4. The monoisotopic (exact) mass is 334 g/mol. The number of hydrogen-bond donors (Lipinski definition) is 0. The summed E-state index contributed by atoms with van der Waals surface area (Å²) in [4.78, 5) is 35.5. The fraction of sp³-hybridized carbons (Fsp3) is 0.750.